The molecule has 1 aromatic carbocycles. The number of hydrogen-bond acceptors (Lipinski definition) is 4. The van der Waals surface area contributed by atoms with Crippen molar-refractivity contribution in [2.45, 2.75) is 13.1 Å². The summed E-state index contributed by atoms with van der Waals surface area (Å²) in [6.45, 7) is 0.645. The Morgan fingerprint density at radius 3 is 2.95 bits per heavy atom. The summed E-state index contributed by atoms with van der Waals surface area (Å²) in [6.07, 6.45) is 0. The third kappa shape index (κ3) is 2.35. The summed E-state index contributed by atoms with van der Waals surface area (Å²) in [5.41, 5.74) is 7.50. The lowest BCUT2D eigenvalue weighted by molar-refractivity contribution is 0.102. The molecule has 8 heteroatoms. The van der Waals surface area contributed by atoms with Gasteiger partial charge in [-0.15, -0.1) is 0 Å². The lowest BCUT2D eigenvalue weighted by Gasteiger charge is -2.11. The van der Waals surface area contributed by atoms with E-state index in [0.717, 1.165) is 11.3 Å². The average Bonchev–Trinajstić information content (AvgIpc) is 3.09. The Labute approximate surface area is 125 Å². The van der Waals surface area contributed by atoms with Gasteiger partial charge in [-0.25, -0.2) is 4.79 Å². The number of amides is 3. The van der Waals surface area contributed by atoms with E-state index in [-0.39, 0.29) is 5.91 Å². The Hall–Kier alpha value is -3.34. The van der Waals surface area contributed by atoms with Gasteiger partial charge in [0.1, 0.15) is 0 Å². The Morgan fingerprint density at radius 2 is 2.23 bits per heavy atom. The zero-order valence-electron chi connectivity index (χ0n) is 11.5. The lowest BCUT2D eigenvalue weighted by atomic mass is 10.1. The minimum Gasteiger partial charge on any atom is -0.351 e. The molecule has 2 heterocycles. The number of hydrogen-bond donors (Lipinski definition) is 3. The molecule has 0 spiro atoms. The Bertz CT molecular complexity index is 804. The Morgan fingerprint density at radius 1 is 1.41 bits per heavy atom. The van der Waals surface area contributed by atoms with Crippen molar-refractivity contribution in [3.63, 3.8) is 0 Å². The van der Waals surface area contributed by atoms with E-state index in [9.17, 15) is 9.59 Å². The second-order valence-corrected chi connectivity index (χ2v) is 4.87. The summed E-state index contributed by atoms with van der Waals surface area (Å²) in [5, 5.41) is 18.4. The molecule has 3 rings (SSSR count). The number of benzene rings is 1. The van der Waals surface area contributed by atoms with E-state index in [2.05, 4.69) is 15.5 Å². The third-order valence-corrected chi connectivity index (χ3v) is 3.45. The van der Waals surface area contributed by atoms with Crippen LogP contribution in [0.3, 0.4) is 0 Å². The van der Waals surface area contributed by atoms with Crippen molar-refractivity contribution in [3.05, 3.63) is 46.6 Å². The summed E-state index contributed by atoms with van der Waals surface area (Å²) < 4.78 is 0. The Kier molecular flexibility index (Phi) is 3.23. The zero-order valence-corrected chi connectivity index (χ0v) is 11.5. The predicted octanol–water partition coefficient (Wildman–Crippen LogP) is 0.928. The van der Waals surface area contributed by atoms with E-state index in [4.69, 9.17) is 11.0 Å². The van der Waals surface area contributed by atoms with Crippen LogP contribution < -0.4 is 11.1 Å². The van der Waals surface area contributed by atoms with E-state index in [1.165, 1.54) is 11.0 Å². The second-order valence-electron chi connectivity index (χ2n) is 4.87. The molecule has 0 radical (unpaired) electrons. The number of nitriles is 1. The number of fused-ring (bicyclic) bond motifs is 1. The van der Waals surface area contributed by atoms with Crippen molar-refractivity contribution in [2.24, 2.45) is 5.73 Å². The molecule has 0 atom stereocenters. The predicted molar refractivity (Wildman–Crippen MR) is 76.5 cm³/mol. The van der Waals surface area contributed by atoms with Crippen LogP contribution in [0.2, 0.25) is 0 Å². The van der Waals surface area contributed by atoms with Gasteiger partial charge in [-0.3, -0.25) is 9.89 Å². The van der Waals surface area contributed by atoms with Crippen LogP contribution in [0.25, 0.3) is 0 Å². The lowest BCUT2D eigenvalue weighted by Crippen LogP contribution is -2.31. The van der Waals surface area contributed by atoms with Crippen LogP contribution in [0, 0.1) is 11.3 Å². The molecular formula is C14H12N6O2. The molecule has 0 fully saturated rings. The van der Waals surface area contributed by atoms with Gasteiger partial charge >= 0.3 is 6.03 Å². The highest BCUT2D eigenvalue weighted by Crippen LogP contribution is 2.27. The summed E-state index contributed by atoms with van der Waals surface area (Å²) >= 11 is 0. The second kappa shape index (κ2) is 5.21. The first-order valence-corrected chi connectivity index (χ1v) is 6.50. The number of carbonyl (C=O) groups excluding carboxylic acids is 2. The number of nitrogens with two attached hydrogens (primary N) is 1. The highest BCUT2D eigenvalue weighted by Gasteiger charge is 2.27. The first kappa shape index (κ1) is 13.6. The number of anilines is 1. The maximum atomic E-state index is 12.2. The summed E-state index contributed by atoms with van der Waals surface area (Å²) in [5.74, 6) is -0.00460. The monoisotopic (exact) mass is 296 g/mol. The summed E-state index contributed by atoms with van der Waals surface area (Å²) in [6, 6.07) is 7.82. The van der Waals surface area contributed by atoms with Crippen LogP contribution >= 0.6 is 0 Å². The standard InChI is InChI=1S/C14H12N6O2/c15-5-8-2-1-3-9(4-8)13(21)17-12-10-6-20(14(16)22)7-11(10)18-19-12/h1-4H,6-7H2,(H2,16,22)(H2,17,18,19,21). The van der Waals surface area contributed by atoms with Crippen LogP contribution in [0.15, 0.2) is 24.3 Å². The SMILES string of the molecule is N#Cc1cccc(C(=O)Nc2n[nH]c3c2CN(C(N)=O)C3)c1. The largest absolute Gasteiger partial charge is 0.351 e. The van der Waals surface area contributed by atoms with E-state index in [0.29, 0.717) is 30.0 Å². The summed E-state index contributed by atoms with van der Waals surface area (Å²) in [7, 11) is 0. The number of aromatic amines is 1. The fraction of sp³-hybridized carbons (Fsp3) is 0.143. The highest BCUT2D eigenvalue weighted by molar-refractivity contribution is 6.04. The number of primary amides is 1. The maximum Gasteiger partial charge on any atom is 0.315 e. The van der Waals surface area contributed by atoms with Crippen LogP contribution in [0.5, 0.6) is 0 Å². The number of carbonyl (C=O) groups is 2. The van der Waals surface area contributed by atoms with E-state index >= 15 is 0 Å². The molecule has 22 heavy (non-hydrogen) atoms. The first-order valence-electron chi connectivity index (χ1n) is 6.50. The normalized spacial score (nSPS) is 12.6. The van der Waals surface area contributed by atoms with Gasteiger partial charge < -0.3 is 16.0 Å². The van der Waals surface area contributed by atoms with Crippen molar-refractivity contribution in [1.29, 1.82) is 5.26 Å². The third-order valence-electron chi connectivity index (χ3n) is 3.45. The quantitative estimate of drug-likeness (QED) is 0.761. The number of H-pyrrole nitrogens is 1. The average molecular weight is 296 g/mol. The van der Waals surface area contributed by atoms with Crippen molar-refractivity contribution >= 4 is 17.8 Å². The number of urea groups is 1. The molecule has 3 amide bonds. The smallest absolute Gasteiger partial charge is 0.315 e. The fourth-order valence-corrected chi connectivity index (χ4v) is 2.31. The minimum atomic E-state index is -0.524. The van der Waals surface area contributed by atoms with Crippen molar-refractivity contribution in [1.82, 2.24) is 15.1 Å². The first-order chi connectivity index (χ1) is 10.6. The van der Waals surface area contributed by atoms with E-state index in [1.54, 1.807) is 18.2 Å². The van der Waals surface area contributed by atoms with E-state index < -0.39 is 6.03 Å². The van der Waals surface area contributed by atoms with Crippen molar-refractivity contribution in [3.8, 4) is 6.07 Å². The van der Waals surface area contributed by atoms with Gasteiger partial charge in [0.2, 0.25) is 0 Å². The van der Waals surface area contributed by atoms with Crippen LogP contribution in [0.1, 0.15) is 27.2 Å². The number of rotatable bonds is 2. The van der Waals surface area contributed by atoms with Gasteiger partial charge in [0.05, 0.1) is 30.4 Å². The topological polar surface area (TPSA) is 128 Å². The molecule has 2 aromatic rings. The van der Waals surface area contributed by atoms with Crippen LogP contribution in [0.4, 0.5) is 10.6 Å². The molecule has 1 aliphatic heterocycles. The number of nitrogens with zero attached hydrogens (tertiary/aromatic N) is 3. The molecule has 0 aliphatic carbocycles. The van der Waals surface area contributed by atoms with Crippen LogP contribution in [-0.2, 0) is 13.1 Å². The fourth-order valence-electron chi connectivity index (χ4n) is 2.31. The molecule has 1 aromatic heterocycles. The molecule has 8 nitrogen and oxygen atoms in total. The number of aromatic nitrogens is 2. The van der Waals surface area contributed by atoms with Gasteiger partial charge in [0.25, 0.3) is 5.91 Å². The molecule has 0 bridgehead atoms. The molecule has 110 valence electrons. The number of nitrogens with one attached hydrogen (secondary N) is 2. The van der Waals surface area contributed by atoms with Crippen LogP contribution in [-0.4, -0.2) is 27.0 Å². The van der Waals surface area contributed by atoms with Gasteiger partial charge in [0.15, 0.2) is 5.82 Å². The maximum absolute atomic E-state index is 12.2. The van der Waals surface area contributed by atoms with Gasteiger partial charge in [-0.1, -0.05) is 6.07 Å². The van der Waals surface area contributed by atoms with Crippen molar-refractivity contribution in [2.75, 3.05) is 5.32 Å². The zero-order chi connectivity index (χ0) is 15.7. The molecule has 0 saturated carbocycles. The van der Waals surface area contributed by atoms with E-state index in [1.807, 2.05) is 6.07 Å². The van der Waals surface area contributed by atoms with Crippen molar-refractivity contribution < 1.29 is 9.59 Å². The minimum absolute atomic E-state index is 0.301. The summed E-state index contributed by atoms with van der Waals surface area (Å²) in [4.78, 5) is 24.8. The molecule has 0 unspecified atom stereocenters. The van der Waals surface area contributed by atoms with Gasteiger partial charge in [0, 0.05) is 11.1 Å². The van der Waals surface area contributed by atoms with Gasteiger partial charge in [-0.2, -0.15) is 10.4 Å². The molecule has 1 aliphatic rings. The highest BCUT2D eigenvalue weighted by atomic mass is 16.2. The Balaban J connectivity index is 1.79. The van der Waals surface area contributed by atoms with Gasteiger partial charge in [-0.05, 0) is 18.2 Å². The molecule has 0 saturated heterocycles. The molecule has 4 N–H and O–H groups in total. The molecular weight excluding hydrogens is 284 g/mol.